The number of rotatable bonds is 1. The summed E-state index contributed by atoms with van der Waals surface area (Å²) in [6, 6.07) is 0. The molecule has 4 aliphatic carbocycles. The quantitative estimate of drug-likeness (QED) is 0.680. The Bertz CT molecular complexity index is 237. The van der Waals surface area contributed by atoms with Crippen LogP contribution in [0.15, 0.2) is 0 Å². The lowest BCUT2D eigenvalue weighted by Gasteiger charge is -2.60. The molecule has 4 fully saturated rings. The van der Waals surface area contributed by atoms with Gasteiger partial charge in [-0.1, -0.05) is 13.3 Å². The molecule has 0 saturated heterocycles. The van der Waals surface area contributed by atoms with Crippen molar-refractivity contribution in [1.82, 2.24) is 0 Å². The summed E-state index contributed by atoms with van der Waals surface area (Å²) in [5.41, 5.74) is 0.373. The highest BCUT2D eigenvalue weighted by Crippen LogP contribution is 2.62. The number of hydrogen-bond acceptors (Lipinski definition) is 1. The molecule has 14 heavy (non-hydrogen) atoms. The van der Waals surface area contributed by atoms with Crippen LogP contribution in [0.4, 0.5) is 0 Å². The first-order valence-corrected chi connectivity index (χ1v) is 6.36. The van der Waals surface area contributed by atoms with Crippen molar-refractivity contribution in [3.63, 3.8) is 0 Å². The van der Waals surface area contributed by atoms with E-state index in [1.807, 2.05) is 0 Å². The van der Waals surface area contributed by atoms with E-state index >= 15 is 0 Å². The molecule has 4 saturated carbocycles. The molecule has 0 aromatic rings. The predicted molar refractivity (Wildman–Crippen MR) is 56.9 cm³/mol. The lowest BCUT2D eigenvalue weighted by Crippen LogP contribution is -2.53. The molecule has 0 aliphatic heterocycles. The van der Waals surface area contributed by atoms with E-state index in [1.165, 1.54) is 38.5 Å². The molecule has 5 atom stereocenters. The predicted octanol–water partition coefficient (Wildman–Crippen LogP) is 2.83. The van der Waals surface area contributed by atoms with E-state index in [-0.39, 0.29) is 0 Å². The zero-order valence-corrected chi connectivity index (χ0v) is 9.21. The molecule has 0 amide bonds. The maximum atomic E-state index is 9.70. The Kier molecular flexibility index (Phi) is 1.96. The second-order valence-electron chi connectivity index (χ2n) is 6.19. The van der Waals surface area contributed by atoms with Gasteiger partial charge in [-0.25, -0.2) is 0 Å². The lowest BCUT2D eigenvalue weighted by molar-refractivity contribution is -0.126. The minimum atomic E-state index is 0.373. The van der Waals surface area contributed by atoms with Gasteiger partial charge in [-0.3, -0.25) is 0 Å². The zero-order valence-electron chi connectivity index (χ0n) is 9.21. The van der Waals surface area contributed by atoms with Crippen molar-refractivity contribution in [3.8, 4) is 0 Å². The fourth-order valence-electron chi connectivity index (χ4n) is 4.87. The highest BCUT2D eigenvalue weighted by Gasteiger charge is 2.54. The molecule has 1 N–H and O–H groups in total. The molecular weight excluding hydrogens is 172 g/mol. The Morgan fingerprint density at radius 3 is 2.86 bits per heavy atom. The van der Waals surface area contributed by atoms with Gasteiger partial charge in [-0.15, -0.1) is 0 Å². The zero-order chi connectivity index (χ0) is 9.76. The first-order valence-electron chi connectivity index (χ1n) is 6.36. The number of fused-ring (bicyclic) bond motifs is 1. The van der Waals surface area contributed by atoms with Gasteiger partial charge in [-0.2, -0.15) is 0 Å². The first-order chi connectivity index (χ1) is 6.75. The van der Waals surface area contributed by atoms with Crippen molar-refractivity contribution < 1.29 is 5.11 Å². The van der Waals surface area contributed by atoms with E-state index in [1.54, 1.807) is 0 Å². The van der Waals surface area contributed by atoms with Gasteiger partial charge in [0.1, 0.15) is 0 Å². The minimum Gasteiger partial charge on any atom is -0.396 e. The Morgan fingerprint density at radius 2 is 2.14 bits per heavy atom. The molecule has 4 bridgehead atoms. The fourth-order valence-corrected chi connectivity index (χ4v) is 4.87. The average Bonchev–Trinajstić information content (AvgIpc) is 2.25. The van der Waals surface area contributed by atoms with E-state index in [0.29, 0.717) is 12.0 Å². The number of hydrogen-bond donors (Lipinski definition) is 1. The van der Waals surface area contributed by atoms with E-state index in [4.69, 9.17) is 0 Å². The monoisotopic (exact) mass is 194 g/mol. The summed E-state index contributed by atoms with van der Waals surface area (Å²) < 4.78 is 0. The minimum absolute atomic E-state index is 0.373. The molecule has 0 spiro atoms. The molecule has 0 aromatic heterocycles. The molecule has 1 heteroatoms. The smallest absolute Gasteiger partial charge is 0.0490 e. The number of aliphatic hydroxyl groups excluding tert-OH is 1. The molecule has 80 valence electrons. The third-order valence-electron chi connectivity index (χ3n) is 5.63. The van der Waals surface area contributed by atoms with Gasteiger partial charge in [0, 0.05) is 6.61 Å². The molecule has 4 aliphatic rings. The Morgan fingerprint density at radius 1 is 1.29 bits per heavy atom. The van der Waals surface area contributed by atoms with Crippen LogP contribution in [0, 0.1) is 29.1 Å². The van der Waals surface area contributed by atoms with E-state index < -0.39 is 0 Å². The van der Waals surface area contributed by atoms with Crippen molar-refractivity contribution in [1.29, 1.82) is 0 Å². The van der Waals surface area contributed by atoms with Gasteiger partial charge < -0.3 is 5.11 Å². The van der Waals surface area contributed by atoms with Gasteiger partial charge in [0.05, 0.1) is 0 Å². The summed E-state index contributed by atoms with van der Waals surface area (Å²) in [4.78, 5) is 0. The summed E-state index contributed by atoms with van der Waals surface area (Å²) in [5.74, 6) is 3.73. The largest absolute Gasteiger partial charge is 0.396 e. The van der Waals surface area contributed by atoms with Gasteiger partial charge in [0.2, 0.25) is 0 Å². The van der Waals surface area contributed by atoms with Crippen molar-refractivity contribution in [2.45, 2.75) is 45.4 Å². The van der Waals surface area contributed by atoms with Crippen LogP contribution in [0.5, 0.6) is 0 Å². The Balaban J connectivity index is 1.94. The van der Waals surface area contributed by atoms with Crippen molar-refractivity contribution in [3.05, 3.63) is 0 Å². The average molecular weight is 194 g/mol. The molecule has 5 unspecified atom stereocenters. The first kappa shape index (κ1) is 9.21. The van der Waals surface area contributed by atoms with Crippen LogP contribution in [0.1, 0.15) is 45.4 Å². The molecule has 4 rings (SSSR count). The molecule has 0 radical (unpaired) electrons. The van der Waals surface area contributed by atoms with Gasteiger partial charge >= 0.3 is 0 Å². The van der Waals surface area contributed by atoms with Gasteiger partial charge in [0.25, 0.3) is 0 Å². The molecular formula is C13H22O. The standard InChI is InChI=1S/C13H22O/c1-9-4-5-13(8-14)7-10-2-3-12(13)11(9)6-10/h9-12,14H,2-8H2,1H3. The lowest BCUT2D eigenvalue weighted by atomic mass is 9.45. The van der Waals surface area contributed by atoms with Crippen molar-refractivity contribution in [2.24, 2.45) is 29.1 Å². The highest BCUT2D eigenvalue weighted by molar-refractivity contribution is 5.04. The van der Waals surface area contributed by atoms with Crippen LogP contribution in [-0.4, -0.2) is 11.7 Å². The molecule has 0 aromatic carbocycles. The van der Waals surface area contributed by atoms with E-state index in [9.17, 15) is 5.11 Å². The highest BCUT2D eigenvalue weighted by atomic mass is 16.3. The van der Waals surface area contributed by atoms with E-state index in [2.05, 4.69) is 6.92 Å². The maximum absolute atomic E-state index is 9.70. The van der Waals surface area contributed by atoms with Gasteiger partial charge in [-0.05, 0) is 61.2 Å². The molecule has 1 nitrogen and oxygen atoms in total. The maximum Gasteiger partial charge on any atom is 0.0490 e. The SMILES string of the molecule is CC1CCC2(CO)CC3CCC2C1C3. The van der Waals surface area contributed by atoms with E-state index in [0.717, 1.165) is 23.7 Å². The number of aliphatic hydroxyl groups is 1. The van der Waals surface area contributed by atoms with Crippen molar-refractivity contribution in [2.75, 3.05) is 6.61 Å². The topological polar surface area (TPSA) is 20.2 Å². The third-order valence-corrected chi connectivity index (χ3v) is 5.63. The second kappa shape index (κ2) is 2.98. The summed E-state index contributed by atoms with van der Waals surface area (Å²) >= 11 is 0. The molecule has 0 heterocycles. The fraction of sp³-hybridized carbons (Fsp3) is 1.00. The Hall–Kier alpha value is -0.0400. The van der Waals surface area contributed by atoms with Crippen LogP contribution >= 0.6 is 0 Å². The Labute approximate surface area is 86.9 Å². The summed E-state index contributed by atoms with van der Waals surface area (Å²) in [5, 5.41) is 9.70. The second-order valence-corrected chi connectivity index (χ2v) is 6.19. The normalized spacial score (nSPS) is 56.1. The summed E-state index contributed by atoms with van der Waals surface area (Å²) in [6.45, 7) is 2.91. The summed E-state index contributed by atoms with van der Waals surface area (Å²) in [7, 11) is 0. The van der Waals surface area contributed by atoms with Gasteiger partial charge in [0.15, 0.2) is 0 Å². The van der Waals surface area contributed by atoms with Crippen LogP contribution in [0.3, 0.4) is 0 Å². The van der Waals surface area contributed by atoms with Crippen LogP contribution in [-0.2, 0) is 0 Å². The van der Waals surface area contributed by atoms with Crippen LogP contribution in [0.25, 0.3) is 0 Å². The van der Waals surface area contributed by atoms with Crippen LogP contribution < -0.4 is 0 Å². The van der Waals surface area contributed by atoms with Crippen molar-refractivity contribution >= 4 is 0 Å². The van der Waals surface area contributed by atoms with Crippen LogP contribution in [0.2, 0.25) is 0 Å². The summed E-state index contributed by atoms with van der Waals surface area (Å²) in [6.07, 6.45) is 8.37. The third kappa shape index (κ3) is 1.05.